The Hall–Kier alpha value is -2.86. The SMILES string of the molecule is Cc1cc(C)cc(N([C@H](C)C(=O)NCc2cccc3ccccc23)S(C)(=O)=O)c1. The third kappa shape index (κ3) is 4.77. The van der Waals surface area contributed by atoms with Crippen molar-refractivity contribution >= 4 is 32.4 Å². The molecule has 1 amide bonds. The van der Waals surface area contributed by atoms with Crippen molar-refractivity contribution in [1.29, 1.82) is 0 Å². The number of hydrogen-bond donors (Lipinski definition) is 1. The zero-order valence-corrected chi connectivity index (χ0v) is 18.0. The van der Waals surface area contributed by atoms with Gasteiger partial charge in [-0.25, -0.2) is 8.42 Å². The van der Waals surface area contributed by atoms with Crippen LogP contribution >= 0.6 is 0 Å². The van der Waals surface area contributed by atoms with Crippen molar-refractivity contribution in [3.63, 3.8) is 0 Å². The summed E-state index contributed by atoms with van der Waals surface area (Å²) in [5.74, 6) is -0.345. The summed E-state index contributed by atoms with van der Waals surface area (Å²) in [6, 6.07) is 18.6. The van der Waals surface area contributed by atoms with E-state index in [0.29, 0.717) is 12.2 Å². The van der Waals surface area contributed by atoms with Crippen LogP contribution in [0.25, 0.3) is 10.8 Å². The number of sulfonamides is 1. The van der Waals surface area contributed by atoms with Crippen LogP contribution in [0.1, 0.15) is 23.6 Å². The van der Waals surface area contributed by atoms with Gasteiger partial charge < -0.3 is 5.32 Å². The second-order valence-electron chi connectivity index (χ2n) is 7.44. The van der Waals surface area contributed by atoms with Crippen molar-refractivity contribution < 1.29 is 13.2 Å². The van der Waals surface area contributed by atoms with Crippen molar-refractivity contribution in [2.24, 2.45) is 0 Å². The van der Waals surface area contributed by atoms with Crippen LogP contribution in [0.3, 0.4) is 0 Å². The molecule has 0 unspecified atom stereocenters. The normalized spacial score (nSPS) is 12.6. The average Bonchev–Trinajstić information content (AvgIpc) is 2.64. The van der Waals surface area contributed by atoms with Crippen LogP contribution in [0.2, 0.25) is 0 Å². The molecule has 0 spiro atoms. The molecule has 0 heterocycles. The van der Waals surface area contributed by atoms with Crippen LogP contribution in [0, 0.1) is 13.8 Å². The van der Waals surface area contributed by atoms with Gasteiger partial charge in [0.15, 0.2) is 0 Å². The number of hydrogen-bond acceptors (Lipinski definition) is 3. The summed E-state index contributed by atoms with van der Waals surface area (Å²) in [5.41, 5.74) is 3.37. The summed E-state index contributed by atoms with van der Waals surface area (Å²) in [4.78, 5) is 12.9. The molecule has 0 aromatic heterocycles. The van der Waals surface area contributed by atoms with Crippen molar-refractivity contribution in [2.75, 3.05) is 10.6 Å². The van der Waals surface area contributed by atoms with E-state index in [2.05, 4.69) is 5.32 Å². The topological polar surface area (TPSA) is 66.5 Å². The third-order valence-corrected chi connectivity index (χ3v) is 6.12. The van der Waals surface area contributed by atoms with Gasteiger partial charge in [0.05, 0.1) is 11.9 Å². The van der Waals surface area contributed by atoms with Crippen molar-refractivity contribution in [1.82, 2.24) is 5.32 Å². The molecule has 6 heteroatoms. The van der Waals surface area contributed by atoms with E-state index in [1.807, 2.05) is 62.4 Å². The molecule has 29 heavy (non-hydrogen) atoms. The maximum Gasteiger partial charge on any atom is 0.243 e. The lowest BCUT2D eigenvalue weighted by atomic mass is 10.0. The van der Waals surface area contributed by atoms with Gasteiger partial charge in [0, 0.05) is 6.54 Å². The van der Waals surface area contributed by atoms with Gasteiger partial charge in [-0.2, -0.15) is 0 Å². The van der Waals surface area contributed by atoms with Gasteiger partial charge in [0.25, 0.3) is 0 Å². The summed E-state index contributed by atoms with van der Waals surface area (Å²) < 4.78 is 26.2. The lowest BCUT2D eigenvalue weighted by Gasteiger charge is -2.29. The highest BCUT2D eigenvalue weighted by atomic mass is 32.2. The predicted molar refractivity (Wildman–Crippen MR) is 118 cm³/mol. The Kier molecular flexibility index (Phi) is 5.94. The van der Waals surface area contributed by atoms with Gasteiger partial charge in [0.2, 0.25) is 15.9 Å². The van der Waals surface area contributed by atoms with E-state index >= 15 is 0 Å². The van der Waals surface area contributed by atoms with Gasteiger partial charge >= 0.3 is 0 Å². The van der Waals surface area contributed by atoms with Crippen molar-refractivity contribution in [2.45, 2.75) is 33.4 Å². The fraction of sp³-hybridized carbons (Fsp3) is 0.261. The molecule has 3 aromatic carbocycles. The van der Waals surface area contributed by atoms with Crippen LogP contribution in [0.5, 0.6) is 0 Å². The van der Waals surface area contributed by atoms with Crippen molar-refractivity contribution in [3.8, 4) is 0 Å². The maximum atomic E-state index is 12.9. The lowest BCUT2D eigenvalue weighted by molar-refractivity contribution is -0.122. The molecule has 0 saturated heterocycles. The lowest BCUT2D eigenvalue weighted by Crippen LogP contribution is -2.47. The minimum Gasteiger partial charge on any atom is -0.350 e. The fourth-order valence-corrected chi connectivity index (χ4v) is 4.82. The zero-order valence-electron chi connectivity index (χ0n) is 17.1. The Morgan fingerprint density at radius 1 is 1.00 bits per heavy atom. The summed E-state index contributed by atoms with van der Waals surface area (Å²) >= 11 is 0. The van der Waals surface area contributed by atoms with E-state index in [0.717, 1.165) is 33.7 Å². The standard InChI is InChI=1S/C23H26N2O3S/c1-16-12-17(2)14-21(13-16)25(29(4,27)28)18(3)23(26)24-15-20-10-7-9-19-8-5-6-11-22(19)20/h5-14,18H,15H2,1-4H3,(H,24,26)/t18-/m1/s1. The molecule has 0 aliphatic heterocycles. The second-order valence-corrected chi connectivity index (χ2v) is 9.30. The van der Waals surface area contributed by atoms with E-state index in [1.54, 1.807) is 19.1 Å². The van der Waals surface area contributed by atoms with Crippen molar-refractivity contribution in [3.05, 3.63) is 77.4 Å². The first kappa shape index (κ1) is 20.9. The Bertz CT molecular complexity index is 1130. The Balaban J connectivity index is 1.84. The largest absolute Gasteiger partial charge is 0.350 e. The number of anilines is 1. The number of rotatable bonds is 6. The Morgan fingerprint density at radius 3 is 2.28 bits per heavy atom. The van der Waals surface area contributed by atoms with E-state index in [-0.39, 0.29) is 5.91 Å². The van der Waals surface area contributed by atoms with E-state index in [1.165, 1.54) is 4.31 Å². The number of nitrogens with zero attached hydrogens (tertiary/aromatic N) is 1. The average molecular weight is 411 g/mol. The highest BCUT2D eigenvalue weighted by Gasteiger charge is 2.29. The van der Waals surface area contributed by atoms with Gasteiger partial charge in [-0.15, -0.1) is 0 Å². The molecule has 0 saturated carbocycles. The molecule has 0 aliphatic carbocycles. The van der Waals surface area contributed by atoms with Crippen LogP contribution in [0.4, 0.5) is 5.69 Å². The Labute approximate surface area is 172 Å². The summed E-state index contributed by atoms with van der Waals surface area (Å²) in [6.07, 6.45) is 1.12. The van der Waals surface area contributed by atoms with Crippen LogP contribution in [-0.2, 0) is 21.4 Å². The number of amides is 1. The number of benzene rings is 3. The molecule has 3 rings (SSSR count). The van der Waals surface area contributed by atoms with E-state index < -0.39 is 16.1 Å². The quantitative estimate of drug-likeness (QED) is 0.670. The first-order chi connectivity index (χ1) is 13.7. The smallest absolute Gasteiger partial charge is 0.243 e. The van der Waals surface area contributed by atoms with Gasteiger partial charge in [-0.1, -0.05) is 48.5 Å². The fourth-order valence-electron chi connectivity index (χ4n) is 3.66. The van der Waals surface area contributed by atoms with Gasteiger partial charge in [-0.05, 0) is 60.4 Å². The summed E-state index contributed by atoms with van der Waals surface area (Å²) in [5, 5.41) is 5.06. The first-order valence-corrected chi connectivity index (χ1v) is 11.3. The summed E-state index contributed by atoms with van der Waals surface area (Å²) in [7, 11) is -3.64. The summed E-state index contributed by atoms with van der Waals surface area (Å²) in [6.45, 7) is 5.75. The molecule has 0 fully saturated rings. The molecule has 1 atom stereocenters. The van der Waals surface area contributed by atoms with Crippen LogP contribution in [-0.4, -0.2) is 26.6 Å². The van der Waals surface area contributed by atoms with Gasteiger partial charge in [0.1, 0.15) is 6.04 Å². The molecule has 5 nitrogen and oxygen atoms in total. The highest BCUT2D eigenvalue weighted by molar-refractivity contribution is 7.92. The van der Waals surface area contributed by atoms with Gasteiger partial charge in [-0.3, -0.25) is 9.10 Å². The number of aryl methyl sites for hydroxylation is 2. The van der Waals surface area contributed by atoms with E-state index in [9.17, 15) is 13.2 Å². The minimum atomic E-state index is -3.64. The molecule has 0 bridgehead atoms. The van der Waals surface area contributed by atoms with Crippen LogP contribution < -0.4 is 9.62 Å². The molecule has 0 aliphatic rings. The number of fused-ring (bicyclic) bond motifs is 1. The molecular formula is C23H26N2O3S. The highest BCUT2D eigenvalue weighted by Crippen LogP contribution is 2.24. The van der Waals surface area contributed by atoms with E-state index in [4.69, 9.17) is 0 Å². The number of nitrogens with one attached hydrogen (secondary N) is 1. The predicted octanol–water partition coefficient (Wildman–Crippen LogP) is 3.93. The molecule has 152 valence electrons. The second kappa shape index (κ2) is 8.25. The Morgan fingerprint density at radius 2 is 1.62 bits per heavy atom. The first-order valence-electron chi connectivity index (χ1n) is 9.49. The zero-order chi connectivity index (χ0) is 21.2. The molecule has 0 radical (unpaired) electrons. The maximum absolute atomic E-state index is 12.9. The third-order valence-electron chi connectivity index (χ3n) is 4.88. The minimum absolute atomic E-state index is 0.328. The molecular weight excluding hydrogens is 384 g/mol. The number of carbonyl (C=O) groups is 1. The van der Waals surface area contributed by atoms with Crippen LogP contribution in [0.15, 0.2) is 60.7 Å². The monoisotopic (exact) mass is 410 g/mol. The molecule has 3 aromatic rings. The number of carbonyl (C=O) groups excluding carboxylic acids is 1. The molecule has 1 N–H and O–H groups in total.